The molecule has 0 aromatic heterocycles. The lowest BCUT2D eigenvalue weighted by molar-refractivity contribution is 1.68. The summed E-state index contributed by atoms with van der Waals surface area (Å²) >= 11 is 0. The molecule has 204 valence electrons. The number of benzene rings is 6. The van der Waals surface area contributed by atoms with E-state index in [-0.39, 0.29) is 0 Å². The van der Waals surface area contributed by atoms with E-state index in [2.05, 4.69) is 182 Å². The van der Waals surface area contributed by atoms with Crippen molar-refractivity contribution >= 4 is 70.4 Å². The molecule has 42 heavy (non-hydrogen) atoms. The quantitative estimate of drug-likeness (QED) is 0.132. The van der Waals surface area contributed by atoms with Crippen LogP contribution in [0.3, 0.4) is 0 Å². The SMILES string of the molecule is C=P(c1ccccc1)(c1ccccc1)c1ccc(/C=C/c2ccc(P(=C)(c3ccccc3)c3ccccc3)cc2)cc1. The summed E-state index contributed by atoms with van der Waals surface area (Å²) in [5.41, 5.74) is 2.34. The summed E-state index contributed by atoms with van der Waals surface area (Å²) in [7, 11) is 0. The van der Waals surface area contributed by atoms with E-state index >= 15 is 0 Å². The summed E-state index contributed by atoms with van der Waals surface area (Å²) in [4.78, 5) is 0. The van der Waals surface area contributed by atoms with E-state index in [4.69, 9.17) is 12.6 Å². The molecule has 0 saturated carbocycles. The van der Waals surface area contributed by atoms with Gasteiger partial charge in [0.1, 0.15) is 0 Å². The monoisotopic (exact) mass is 576 g/mol. The van der Waals surface area contributed by atoms with Gasteiger partial charge in [-0.2, -0.15) is 0 Å². The molecule has 6 rings (SSSR count). The summed E-state index contributed by atoms with van der Waals surface area (Å²) in [6.45, 7) is -3.95. The van der Waals surface area contributed by atoms with Gasteiger partial charge in [0.05, 0.1) is 0 Å². The minimum Gasteiger partial charge on any atom is -0.0887 e. The fourth-order valence-electron chi connectivity index (χ4n) is 5.50. The molecule has 0 aliphatic rings. The number of hydrogen-bond acceptors (Lipinski definition) is 0. The van der Waals surface area contributed by atoms with Gasteiger partial charge in [-0.1, -0.05) is 195 Å². The molecular weight excluding hydrogens is 542 g/mol. The topological polar surface area (TPSA) is 0 Å². The second kappa shape index (κ2) is 12.3. The minimum absolute atomic E-state index is 1.17. The normalized spacial score (nSPS) is 11.9. The molecule has 0 unspecified atom stereocenters. The van der Waals surface area contributed by atoms with E-state index in [1.807, 2.05) is 0 Å². The zero-order chi connectivity index (χ0) is 28.8. The van der Waals surface area contributed by atoms with Gasteiger partial charge in [-0.25, -0.2) is 0 Å². The molecule has 0 radical (unpaired) electrons. The molecule has 0 fully saturated rings. The standard InChI is InChI=1S/C40H34P2/c1-41(35-15-7-3-8-16-35,36-17-9-4-10-18-36)39-29-25-33(26-30-39)23-24-34-27-31-40(32-28-34)42(2,37-19-11-5-12-20-37)38-21-13-6-14-22-38/h3-32H,1-2H2/b24-23+. The largest absolute Gasteiger partial charge is 0.0887 e. The van der Waals surface area contributed by atoms with Crippen LogP contribution in [0.15, 0.2) is 170 Å². The molecule has 0 nitrogen and oxygen atoms in total. The van der Waals surface area contributed by atoms with Crippen molar-refractivity contribution in [3.05, 3.63) is 181 Å². The fraction of sp³-hybridized carbons (Fsp3) is 0. The number of hydrogen-bond donors (Lipinski definition) is 0. The molecule has 0 aliphatic heterocycles. The van der Waals surface area contributed by atoms with Crippen LogP contribution >= 0.6 is 13.8 Å². The molecule has 0 N–H and O–H groups in total. The van der Waals surface area contributed by atoms with Crippen molar-refractivity contribution in [3.8, 4) is 0 Å². The first-order valence-corrected chi connectivity index (χ1v) is 18.1. The number of rotatable bonds is 8. The third-order valence-electron chi connectivity index (χ3n) is 7.92. The lowest BCUT2D eigenvalue weighted by atomic mass is 10.1. The molecule has 0 spiro atoms. The highest BCUT2D eigenvalue weighted by molar-refractivity contribution is 7.93. The Balaban J connectivity index is 1.28. The van der Waals surface area contributed by atoms with Crippen LogP contribution in [0.4, 0.5) is 0 Å². The highest BCUT2D eigenvalue weighted by Crippen LogP contribution is 2.42. The van der Waals surface area contributed by atoms with Crippen molar-refractivity contribution in [2.75, 3.05) is 0 Å². The molecule has 0 aliphatic carbocycles. The van der Waals surface area contributed by atoms with Crippen LogP contribution in [-0.2, 0) is 0 Å². The third kappa shape index (κ3) is 5.45. The molecule has 0 bridgehead atoms. The van der Waals surface area contributed by atoms with Gasteiger partial charge in [0.25, 0.3) is 0 Å². The van der Waals surface area contributed by atoms with E-state index in [1.54, 1.807) is 0 Å². The van der Waals surface area contributed by atoms with Crippen molar-refractivity contribution in [3.63, 3.8) is 0 Å². The Hall–Kier alpha value is -4.34. The van der Waals surface area contributed by atoms with Crippen molar-refractivity contribution in [2.45, 2.75) is 0 Å². The van der Waals surface area contributed by atoms with Crippen molar-refractivity contribution < 1.29 is 0 Å². The smallest absolute Gasteiger partial charge is 0.0165 e. The first-order valence-electron chi connectivity index (χ1n) is 14.2. The molecule has 0 atom stereocenters. The second-order valence-electron chi connectivity index (χ2n) is 10.5. The molecule has 0 saturated heterocycles. The van der Waals surface area contributed by atoms with Crippen LogP contribution in [-0.4, -0.2) is 12.6 Å². The molecule has 6 aromatic rings. The van der Waals surface area contributed by atoms with Gasteiger partial charge in [-0.05, 0) is 56.7 Å². The summed E-state index contributed by atoms with van der Waals surface area (Å²) in [6, 6.07) is 60.7. The fourth-order valence-corrected chi connectivity index (χ4v) is 11.3. The molecule has 2 heteroatoms. The highest BCUT2D eigenvalue weighted by atomic mass is 31.2. The van der Waals surface area contributed by atoms with Crippen LogP contribution in [0, 0.1) is 0 Å². The van der Waals surface area contributed by atoms with E-state index in [1.165, 1.54) is 43.0 Å². The Morgan fingerprint density at radius 1 is 0.286 bits per heavy atom. The van der Waals surface area contributed by atoms with Gasteiger partial charge < -0.3 is 0 Å². The van der Waals surface area contributed by atoms with Gasteiger partial charge in [0.15, 0.2) is 0 Å². The van der Waals surface area contributed by atoms with Crippen LogP contribution in [0.2, 0.25) is 0 Å². The Kier molecular flexibility index (Phi) is 8.12. The van der Waals surface area contributed by atoms with Gasteiger partial charge in [-0.15, -0.1) is 0 Å². The Morgan fingerprint density at radius 2 is 0.500 bits per heavy atom. The lowest BCUT2D eigenvalue weighted by Crippen LogP contribution is -2.25. The zero-order valence-corrected chi connectivity index (χ0v) is 25.4. The van der Waals surface area contributed by atoms with Crippen molar-refractivity contribution in [2.24, 2.45) is 0 Å². The Morgan fingerprint density at radius 3 is 0.738 bits per heavy atom. The van der Waals surface area contributed by atoms with Gasteiger partial charge >= 0.3 is 0 Å². The van der Waals surface area contributed by atoms with E-state index in [9.17, 15) is 0 Å². The van der Waals surface area contributed by atoms with Gasteiger partial charge in [0, 0.05) is 0 Å². The average Bonchev–Trinajstić information content (AvgIpc) is 3.08. The summed E-state index contributed by atoms with van der Waals surface area (Å²) in [5, 5.41) is 7.70. The van der Waals surface area contributed by atoms with Crippen molar-refractivity contribution in [1.29, 1.82) is 0 Å². The minimum atomic E-state index is -1.97. The van der Waals surface area contributed by atoms with Crippen LogP contribution in [0.25, 0.3) is 12.2 Å². The Labute approximate surface area is 250 Å². The van der Waals surface area contributed by atoms with E-state index in [0.717, 1.165) is 0 Å². The van der Waals surface area contributed by atoms with E-state index in [0.29, 0.717) is 0 Å². The Bertz CT molecular complexity index is 1640. The lowest BCUT2D eigenvalue weighted by Gasteiger charge is -2.26. The predicted octanol–water partition coefficient (Wildman–Crippen LogP) is 7.31. The van der Waals surface area contributed by atoms with Gasteiger partial charge in [0.2, 0.25) is 0 Å². The average molecular weight is 577 g/mol. The maximum absolute atomic E-state index is 4.87. The summed E-state index contributed by atoms with van der Waals surface area (Å²) in [5.74, 6) is 0. The summed E-state index contributed by atoms with van der Waals surface area (Å²) < 4.78 is 0. The predicted molar refractivity (Wildman–Crippen MR) is 193 cm³/mol. The molecule has 6 aromatic carbocycles. The first kappa shape index (κ1) is 27.8. The third-order valence-corrected chi connectivity index (χ3v) is 15.0. The maximum atomic E-state index is 4.87. The van der Waals surface area contributed by atoms with Crippen LogP contribution in [0.1, 0.15) is 11.1 Å². The van der Waals surface area contributed by atoms with Crippen LogP contribution < -0.4 is 31.8 Å². The first-order chi connectivity index (χ1) is 20.6. The maximum Gasteiger partial charge on any atom is -0.0165 e. The second-order valence-corrected chi connectivity index (χ2v) is 16.8. The summed E-state index contributed by atoms with van der Waals surface area (Å²) in [6.07, 6.45) is 14.1. The van der Waals surface area contributed by atoms with E-state index < -0.39 is 13.8 Å². The van der Waals surface area contributed by atoms with Crippen LogP contribution in [0.5, 0.6) is 0 Å². The highest BCUT2D eigenvalue weighted by Gasteiger charge is 2.23. The zero-order valence-electron chi connectivity index (χ0n) is 23.6. The molecular formula is C40H34P2. The van der Waals surface area contributed by atoms with Gasteiger partial charge in [-0.3, -0.25) is 0 Å². The molecule has 0 heterocycles. The molecule has 0 amide bonds. The van der Waals surface area contributed by atoms with Crippen molar-refractivity contribution in [1.82, 2.24) is 0 Å².